The molecule has 8 nitrogen and oxygen atoms in total. The fourth-order valence-electron chi connectivity index (χ4n) is 2.74. The highest BCUT2D eigenvalue weighted by atomic mass is 32.1. The average Bonchev–Trinajstić information content (AvgIpc) is 3.24. The Morgan fingerprint density at radius 3 is 2.46 bits per heavy atom. The summed E-state index contributed by atoms with van der Waals surface area (Å²) in [7, 11) is 1.90. The van der Waals surface area contributed by atoms with Crippen molar-refractivity contribution >= 4 is 22.3 Å². The third-order valence-electron chi connectivity index (χ3n) is 4.01. The minimum Gasteiger partial charge on any atom is -0.352 e. The fourth-order valence-corrected chi connectivity index (χ4v) is 3.48. The molecule has 0 N–H and O–H groups in total. The molecule has 9 heteroatoms. The number of hydrogen-bond donors (Lipinski definition) is 0. The van der Waals surface area contributed by atoms with Crippen LogP contribution in [-0.2, 0) is 7.05 Å². The highest BCUT2D eigenvalue weighted by molar-refractivity contribution is 7.15. The van der Waals surface area contributed by atoms with Gasteiger partial charge in [0.2, 0.25) is 5.13 Å². The second kappa shape index (κ2) is 6.16. The molecule has 0 atom stereocenters. The van der Waals surface area contributed by atoms with E-state index in [9.17, 15) is 0 Å². The van der Waals surface area contributed by atoms with E-state index in [1.807, 2.05) is 32.6 Å². The van der Waals surface area contributed by atoms with Crippen molar-refractivity contribution < 1.29 is 0 Å². The normalized spacial score (nSPS) is 15.1. The predicted octanol–water partition coefficient (Wildman–Crippen LogP) is 1.36. The number of hydrogen-bond acceptors (Lipinski definition) is 8. The van der Waals surface area contributed by atoms with Crippen LogP contribution in [0.3, 0.4) is 0 Å². The van der Waals surface area contributed by atoms with Gasteiger partial charge in [0, 0.05) is 45.0 Å². The van der Waals surface area contributed by atoms with Crippen LogP contribution in [0.5, 0.6) is 0 Å². The smallest absolute Gasteiger partial charge is 0.208 e. The molecule has 0 saturated carbocycles. The summed E-state index contributed by atoms with van der Waals surface area (Å²) >= 11 is 1.64. The van der Waals surface area contributed by atoms with E-state index >= 15 is 0 Å². The van der Waals surface area contributed by atoms with E-state index in [0.29, 0.717) is 0 Å². The van der Waals surface area contributed by atoms with Crippen LogP contribution >= 0.6 is 11.3 Å². The van der Waals surface area contributed by atoms with Gasteiger partial charge in [-0.05, 0) is 6.92 Å². The van der Waals surface area contributed by atoms with Crippen molar-refractivity contribution in [3.63, 3.8) is 0 Å². The van der Waals surface area contributed by atoms with Gasteiger partial charge in [-0.15, -0.1) is 10.2 Å². The molecule has 0 spiro atoms. The van der Waals surface area contributed by atoms with Crippen molar-refractivity contribution in [1.29, 1.82) is 0 Å². The zero-order valence-corrected chi connectivity index (χ0v) is 14.4. The zero-order valence-electron chi connectivity index (χ0n) is 13.6. The maximum atomic E-state index is 4.75. The van der Waals surface area contributed by atoms with E-state index in [1.165, 1.54) is 0 Å². The Morgan fingerprint density at radius 2 is 1.79 bits per heavy atom. The Morgan fingerprint density at radius 1 is 1.00 bits per heavy atom. The second-order valence-electron chi connectivity index (χ2n) is 5.74. The molecule has 4 rings (SSSR count). The molecule has 1 aliphatic heterocycles. The summed E-state index contributed by atoms with van der Waals surface area (Å²) in [4.78, 5) is 13.6. The lowest BCUT2D eigenvalue weighted by Gasteiger charge is -2.34. The van der Waals surface area contributed by atoms with Gasteiger partial charge < -0.3 is 9.80 Å². The third-order valence-corrected chi connectivity index (χ3v) is 4.91. The van der Waals surface area contributed by atoms with Crippen molar-refractivity contribution in [3.8, 4) is 11.3 Å². The Kier molecular flexibility index (Phi) is 3.85. The van der Waals surface area contributed by atoms with Gasteiger partial charge in [0.1, 0.15) is 10.8 Å². The number of rotatable bonds is 3. The van der Waals surface area contributed by atoms with Gasteiger partial charge in [0.05, 0.1) is 24.3 Å². The molecule has 0 amide bonds. The first kappa shape index (κ1) is 15.0. The number of aryl methyl sites for hydroxylation is 2. The molecular weight excluding hydrogens is 324 g/mol. The lowest BCUT2D eigenvalue weighted by Crippen LogP contribution is -2.46. The highest BCUT2D eigenvalue weighted by Crippen LogP contribution is 2.23. The van der Waals surface area contributed by atoms with Crippen LogP contribution in [-0.4, -0.2) is 56.1 Å². The third kappa shape index (κ3) is 2.94. The van der Waals surface area contributed by atoms with Gasteiger partial charge in [-0.3, -0.25) is 9.67 Å². The van der Waals surface area contributed by atoms with Crippen molar-refractivity contribution in [2.24, 2.45) is 7.05 Å². The standard InChI is InChI=1S/C15H18N8S/c1-11-19-20-15(24-11)23-5-3-22(4-6-23)14-9-16-8-13(18-14)12-7-17-21(2)10-12/h7-10H,3-6H2,1-2H3. The quantitative estimate of drug-likeness (QED) is 0.711. The summed E-state index contributed by atoms with van der Waals surface area (Å²) in [6.07, 6.45) is 7.36. The Bertz CT molecular complexity index is 833. The lowest BCUT2D eigenvalue weighted by atomic mass is 10.2. The van der Waals surface area contributed by atoms with Crippen molar-refractivity contribution in [2.75, 3.05) is 36.0 Å². The lowest BCUT2D eigenvalue weighted by molar-refractivity contribution is 0.643. The minimum atomic E-state index is 0.850. The Labute approximate surface area is 143 Å². The molecule has 0 unspecified atom stereocenters. The van der Waals surface area contributed by atoms with Crippen LogP contribution in [0.15, 0.2) is 24.8 Å². The van der Waals surface area contributed by atoms with Gasteiger partial charge in [-0.25, -0.2) is 4.98 Å². The van der Waals surface area contributed by atoms with Crippen LogP contribution in [0.4, 0.5) is 10.9 Å². The molecule has 4 heterocycles. The highest BCUT2D eigenvalue weighted by Gasteiger charge is 2.21. The van der Waals surface area contributed by atoms with Crippen molar-refractivity contribution in [1.82, 2.24) is 29.9 Å². The summed E-state index contributed by atoms with van der Waals surface area (Å²) in [6, 6.07) is 0. The zero-order chi connectivity index (χ0) is 16.5. The Hall–Kier alpha value is -2.55. The molecule has 1 aliphatic rings. The molecule has 0 aromatic carbocycles. The summed E-state index contributed by atoms with van der Waals surface area (Å²) in [6.45, 7) is 5.59. The van der Waals surface area contributed by atoms with Crippen LogP contribution in [0, 0.1) is 6.92 Å². The molecule has 3 aromatic heterocycles. The monoisotopic (exact) mass is 342 g/mol. The fraction of sp³-hybridized carbons (Fsp3) is 0.400. The summed E-state index contributed by atoms with van der Waals surface area (Å²) in [5.74, 6) is 0.907. The van der Waals surface area contributed by atoms with Crippen LogP contribution in [0.25, 0.3) is 11.3 Å². The molecule has 3 aromatic rings. The number of aromatic nitrogens is 6. The molecule has 0 bridgehead atoms. The minimum absolute atomic E-state index is 0.850. The van der Waals surface area contributed by atoms with Crippen LogP contribution in [0.2, 0.25) is 0 Å². The number of nitrogens with zero attached hydrogens (tertiary/aromatic N) is 8. The van der Waals surface area contributed by atoms with Crippen molar-refractivity contribution in [2.45, 2.75) is 6.92 Å². The van der Waals surface area contributed by atoms with Gasteiger partial charge >= 0.3 is 0 Å². The van der Waals surface area contributed by atoms with E-state index in [2.05, 4.69) is 30.1 Å². The molecule has 24 heavy (non-hydrogen) atoms. The van der Waals surface area contributed by atoms with Gasteiger partial charge in [0.25, 0.3) is 0 Å². The number of anilines is 2. The summed E-state index contributed by atoms with van der Waals surface area (Å²) in [5, 5.41) is 14.5. The van der Waals surface area contributed by atoms with Gasteiger partial charge in [-0.2, -0.15) is 5.10 Å². The first-order valence-corrected chi connectivity index (χ1v) is 8.62. The van der Waals surface area contributed by atoms with Gasteiger partial charge in [0.15, 0.2) is 0 Å². The van der Waals surface area contributed by atoms with Crippen LogP contribution in [0.1, 0.15) is 5.01 Å². The molecule has 1 saturated heterocycles. The molecule has 0 radical (unpaired) electrons. The molecular formula is C15H18N8S. The van der Waals surface area contributed by atoms with E-state index in [0.717, 1.165) is 53.4 Å². The Balaban J connectivity index is 1.47. The SMILES string of the molecule is Cc1nnc(N2CCN(c3cncc(-c4cnn(C)c4)n3)CC2)s1. The van der Waals surface area contributed by atoms with E-state index < -0.39 is 0 Å². The van der Waals surface area contributed by atoms with Gasteiger partial charge in [-0.1, -0.05) is 11.3 Å². The van der Waals surface area contributed by atoms with Crippen molar-refractivity contribution in [3.05, 3.63) is 29.8 Å². The summed E-state index contributed by atoms with van der Waals surface area (Å²) in [5.41, 5.74) is 1.83. The summed E-state index contributed by atoms with van der Waals surface area (Å²) < 4.78 is 1.77. The maximum Gasteiger partial charge on any atom is 0.208 e. The number of piperazine rings is 1. The predicted molar refractivity (Wildman–Crippen MR) is 93.3 cm³/mol. The topological polar surface area (TPSA) is 75.9 Å². The maximum absolute atomic E-state index is 4.75. The van der Waals surface area contributed by atoms with Crippen LogP contribution < -0.4 is 9.80 Å². The average molecular weight is 342 g/mol. The molecule has 1 fully saturated rings. The largest absolute Gasteiger partial charge is 0.352 e. The first-order chi connectivity index (χ1) is 11.7. The van der Waals surface area contributed by atoms with E-state index in [-0.39, 0.29) is 0 Å². The second-order valence-corrected chi connectivity index (χ2v) is 6.90. The molecule has 0 aliphatic carbocycles. The first-order valence-electron chi connectivity index (χ1n) is 7.80. The van der Waals surface area contributed by atoms with E-state index in [1.54, 1.807) is 22.2 Å². The molecule has 124 valence electrons. The van der Waals surface area contributed by atoms with E-state index in [4.69, 9.17) is 4.98 Å².